The van der Waals surface area contributed by atoms with Gasteiger partial charge in [-0.1, -0.05) is 51.1 Å². The molecule has 0 aromatic heterocycles. The van der Waals surface area contributed by atoms with Gasteiger partial charge in [-0.05, 0) is 5.56 Å². The SMILES string of the molecule is CCC(=O)OC(OC(=O)CC)[C@@H](C)c1ccccc1. The van der Waals surface area contributed by atoms with E-state index in [1.807, 2.05) is 37.3 Å². The maximum absolute atomic E-state index is 11.4. The maximum Gasteiger partial charge on any atom is 0.308 e. The zero-order valence-corrected chi connectivity index (χ0v) is 11.6. The van der Waals surface area contributed by atoms with Crippen LogP contribution in [0.25, 0.3) is 0 Å². The van der Waals surface area contributed by atoms with Crippen molar-refractivity contribution in [2.24, 2.45) is 0 Å². The van der Waals surface area contributed by atoms with Gasteiger partial charge in [0.2, 0.25) is 0 Å². The monoisotopic (exact) mass is 264 g/mol. The normalized spacial score (nSPS) is 12.0. The summed E-state index contributed by atoms with van der Waals surface area (Å²) >= 11 is 0. The summed E-state index contributed by atoms with van der Waals surface area (Å²) < 4.78 is 10.4. The van der Waals surface area contributed by atoms with Gasteiger partial charge in [0.1, 0.15) is 0 Å². The Morgan fingerprint density at radius 3 is 1.89 bits per heavy atom. The van der Waals surface area contributed by atoms with Crippen LogP contribution in [-0.2, 0) is 19.1 Å². The smallest absolute Gasteiger partial charge is 0.308 e. The molecule has 0 fully saturated rings. The summed E-state index contributed by atoms with van der Waals surface area (Å²) in [5.41, 5.74) is 0.959. The fourth-order valence-corrected chi connectivity index (χ4v) is 1.57. The lowest BCUT2D eigenvalue weighted by Gasteiger charge is -2.24. The summed E-state index contributed by atoms with van der Waals surface area (Å²) in [4.78, 5) is 22.8. The first-order valence-corrected chi connectivity index (χ1v) is 6.52. The van der Waals surface area contributed by atoms with Crippen molar-refractivity contribution in [3.8, 4) is 0 Å². The number of hydrogen-bond acceptors (Lipinski definition) is 4. The number of carbonyl (C=O) groups excluding carboxylic acids is 2. The van der Waals surface area contributed by atoms with E-state index < -0.39 is 6.29 Å². The van der Waals surface area contributed by atoms with E-state index in [1.54, 1.807) is 13.8 Å². The van der Waals surface area contributed by atoms with E-state index in [0.717, 1.165) is 5.56 Å². The highest BCUT2D eigenvalue weighted by Crippen LogP contribution is 2.23. The van der Waals surface area contributed by atoms with Crippen LogP contribution in [0.1, 0.15) is 45.1 Å². The van der Waals surface area contributed by atoms with Crippen molar-refractivity contribution in [1.29, 1.82) is 0 Å². The molecule has 1 rings (SSSR count). The molecule has 0 aliphatic heterocycles. The van der Waals surface area contributed by atoms with E-state index in [2.05, 4.69) is 0 Å². The van der Waals surface area contributed by atoms with Crippen LogP contribution in [0, 0.1) is 0 Å². The molecule has 1 aromatic carbocycles. The van der Waals surface area contributed by atoms with Gasteiger partial charge in [-0.25, -0.2) is 0 Å². The number of rotatable bonds is 6. The van der Waals surface area contributed by atoms with E-state index in [1.165, 1.54) is 0 Å². The lowest BCUT2D eigenvalue weighted by molar-refractivity contribution is -0.191. The first kappa shape index (κ1) is 15.2. The molecule has 104 valence electrons. The van der Waals surface area contributed by atoms with Crippen molar-refractivity contribution in [3.05, 3.63) is 35.9 Å². The number of esters is 2. The van der Waals surface area contributed by atoms with E-state index in [-0.39, 0.29) is 30.7 Å². The van der Waals surface area contributed by atoms with Crippen molar-refractivity contribution in [2.45, 2.75) is 45.8 Å². The van der Waals surface area contributed by atoms with Gasteiger partial charge < -0.3 is 9.47 Å². The summed E-state index contributed by atoms with van der Waals surface area (Å²) in [6.07, 6.45) is -0.370. The Morgan fingerprint density at radius 2 is 1.47 bits per heavy atom. The Morgan fingerprint density at radius 1 is 1.00 bits per heavy atom. The second-order valence-electron chi connectivity index (χ2n) is 4.25. The van der Waals surface area contributed by atoms with E-state index in [4.69, 9.17) is 9.47 Å². The molecule has 1 aromatic rings. The Kier molecular flexibility index (Phi) is 6.06. The van der Waals surface area contributed by atoms with E-state index in [9.17, 15) is 9.59 Å². The molecule has 0 aliphatic carbocycles. The van der Waals surface area contributed by atoms with Crippen molar-refractivity contribution in [2.75, 3.05) is 0 Å². The predicted octanol–water partition coefficient (Wildman–Crippen LogP) is 3.02. The van der Waals surface area contributed by atoms with Crippen LogP contribution < -0.4 is 0 Å². The van der Waals surface area contributed by atoms with Crippen LogP contribution in [-0.4, -0.2) is 18.2 Å². The minimum Gasteiger partial charge on any atom is -0.424 e. The van der Waals surface area contributed by atoms with E-state index >= 15 is 0 Å². The molecule has 1 atom stereocenters. The standard InChI is InChI=1S/C15H20O4/c1-4-13(16)18-15(19-14(17)5-2)11(3)12-9-7-6-8-10-12/h6-11,15H,4-5H2,1-3H3/t11-/m0/s1. The number of ether oxygens (including phenoxy) is 2. The third kappa shape index (κ3) is 4.73. The minimum atomic E-state index is -0.873. The molecule has 0 heterocycles. The Balaban J connectivity index is 2.82. The van der Waals surface area contributed by atoms with Gasteiger partial charge >= 0.3 is 11.9 Å². The Hall–Kier alpha value is -1.84. The number of hydrogen-bond donors (Lipinski definition) is 0. The van der Waals surface area contributed by atoms with Crippen molar-refractivity contribution in [1.82, 2.24) is 0 Å². The molecule has 0 unspecified atom stereocenters. The molecule has 0 N–H and O–H groups in total. The molecular formula is C15H20O4. The van der Waals surface area contributed by atoms with Gasteiger partial charge in [0.15, 0.2) is 0 Å². The highest BCUT2D eigenvalue weighted by Gasteiger charge is 2.25. The zero-order valence-electron chi connectivity index (χ0n) is 11.6. The quantitative estimate of drug-likeness (QED) is 0.585. The largest absolute Gasteiger partial charge is 0.424 e. The van der Waals surface area contributed by atoms with Crippen LogP contribution in [0.4, 0.5) is 0 Å². The molecule has 0 amide bonds. The molecule has 0 radical (unpaired) electrons. The molecule has 0 saturated heterocycles. The van der Waals surface area contributed by atoms with Crippen LogP contribution in [0.15, 0.2) is 30.3 Å². The first-order valence-electron chi connectivity index (χ1n) is 6.52. The average Bonchev–Trinajstić information content (AvgIpc) is 2.46. The fraction of sp³-hybridized carbons (Fsp3) is 0.467. The Bertz CT molecular complexity index is 395. The molecule has 19 heavy (non-hydrogen) atoms. The molecule has 4 nitrogen and oxygen atoms in total. The van der Waals surface area contributed by atoms with Crippen LogP contribution >= 0.6 is 0 Å². The highest BCUT2D eigenvalue weighted by atomic mass is 16.7. The molecule has 0 saturated carbocycles. The maximum atomic E-state index is 11.4. The van der Waals surface area contributed by atoms with Gasteiger partial charge in [0.25, 0.3) is 6.29 Å². The summed E-state index contributed by atoms with van der Waals surface area (Å²) in [7, 11) is 0. The third-order valence-electron chi connectivity index (χ3n) is 2.81. The predicted molar refractivity (Wildman–Crippen MR) is 71.4 cm³/mol. The minimum absolute atomic E-state index is 0.202. The Labute approximate surface area is 113 Å². The molecule has 0 aliphatic rings. The summed E-state index contributed by atoms with van der Waals surface area (Å²) in [6, 6.07) is 9.52. The lowest BCUT2D eigenvalue weighted by atomic mass is 10.0. The van der Waals surface area contributed by atoms with Crippen molar-refractivity contribution >= 4 is 11.9 Å². The van der Waals surface area contributed by atoms with Crippen LogP contribution in [0.2, 0.25) is 0 Å². The van der Waals surface area contributed by atoms with Crippen LogP contribution in [0.3, 0.4) is 0 Å². The second-order valence-corrected chi connectivity index (χ2v) is 4.25. The number of benzene rings is 1. The third-order valence-corrected chi connectivity index (χ3v) is 2.81. The molecule has 0 bridgehead atoms. The van der Waals surface area contributed by atoms with Gasteiger partial charge in [-0.2, -0.15) is 0 Å². The topological polar surface area (TPSA) is 52.6 Å². The van der Waals surface area contributed by atoms with Crippen LogP contribution in [0.5, 0.6) is 0 Å². The molecule has 0 spiro atoms. The first-order chi connectivity index (χ1) is 9.08. The van der Waals surface area contributed by atoms with E-state index in [0.29, 0.717) is 0 Å². The van der Waals surface area contributed by atoms with Gasteiger partial charge in [-0.15, -0.1) is 0 Å². The summed E-state index contributed by atoms with van der Waals surface area (Å²) in [5.74, 6) is -0.958. The highest BCUT2D eigenvalue weighted by molar-refractivity contribution is 5.71. The van der Waals surface area contributed by atoms with Crippen molar-refractivity contribution < 1.29 is 19.1 Å². The van der Waals surface area contributed by atoms with Gasteiger partial charge in [-0.3, -0.25) is 9.59 Å². The second kappa shape index (κ2) is 7.56. The van der Waals surface area contributed by atoms with Crippen molar-refractivity contribution in [3.63, 3.8) is 0 Å². The molecule has 4 heteroatoms. The average molecular weight is 264 g/mol. The van der Waals surface area contributed by atoms with Gasteiger partial charge in [0, 0.05) is 12.8 Å². The lowest BCUT2D eigenvalue weighted by Crippen LogP contribution is -2.29. The summed E-state index contributed by atoms with van der Waals surface area (Å²) in [5, 5.41) is 0. The number of carbonyl (C=O) groups is 2. The fourth-order valence-electron chi connectivity index (χ4n) is 1.57. The van der Waals surface area contributed by atoms with Gasteiger partial charge in [0.05, 0.1) is 5.92 Å². The summed E-state index contributed by atoms with van der Waals surface area (Å²) in [6.45, 7) is 5.27. The zero-order chi connectivity index (χ0) is 14.3. The molecular weight excluding hydrogens is 244 g/mol.